The molecule has 2 aromatic heterocycles. The highest BCUT2D eigenvalue weighted by atomic mass is 15.2. The van der Waals surface area contributed by atoms with E-state index in [1.165, 1.54) is 0 Å². The molecule has 0 aliphatic carbocycles. The Hall–Kier alpha value is -2.87. The van der Waals surface area contributed by atoms with Crippen LogP contribution in [0.3, 0.4) is 0 Å². The van der Waals surface area contributed by atoms with Crippen molar-refractivity contribution >= 4 is 11.2 Å². The van der Waals surface area contributed by atoms with Gasteiger partial charge in [0.05, 0.1) is 11.6 Å². The van der Waals surface area contributed by atoms with Gasteiger partial charge in [-0.15, -0.1) is 0 Å². The highest BCUT2D eigenvalue weighted by molar-refractivity contribution is 5.83. The van der Waals surface area contributed by atoms with Crippen LogP contribution in [0.4, 0.5) is 0 Å². The lowest BCUT2D eigenvalue weighted by Crippen LogP contribution is -2.17. The Labute approximate surface area is 134 Å². The summed E-state index contributed by atoms with van der Waals surface area (Å²) in [6.07, 6.45) is 6.13. The number of fused-ring (bicyclic) bond motifs is 1. The van der Waals surface area contributed by atoms with Crippen LogP contribution < -0.4 is 0 Å². The fourth-order valence-corrected chi connectivity index (χ4v) is 3.33. The summed E-state index contributed by atoms with van der Waals surface area (Å²) in [6.45, 7) is 2.89. The number of rotatable bonds is 2. The fourth-order valence-electron chi connectivity index (χ4n) is 3.33. The maximum Gasteiger partial charge on any atom is 0.180 e. The number of likely N-dealkylation sites (tertiary alicyclic amines) is 1. The summed E-state index contributed by atoms with van der Waals surface area (Å²) in [5.74, 6) is 0.847. The number of H-pyrrole nitrogens is 1. The molecule has 0 spiro atoms. The lowest BCUT2D eigenvalue weighted by molar-refractivity contribution is 0.362. The molecular formula is C18H17N5. The van der Waals surface area contributed by atoms with Crippen molar-refractivity contribution in [1.29, 1.82) is 5.26 Å². The van der Waals surface area contributed by atoms with Crippen molar-refractivity contribution in [3.05, 3.63) is 47.9 Å². The van der Waals surface area contributed by atoms with E-state index in [-0.39, 0.29) is 6.04 Å². The first-order chi connectivity index (χ1) is 11.3. The van der Waals surface area contributed by atoms with E-state index in [9.17, 15) is 5.26 Å². The standard InChI is InChI=1S/C18H17N5/c1-12-14(13-6-3-2-4-7-13)10-20-18-16(12)21-17(22-18)15-8-5-9-23(15)11-19/h2-4,6-7,10,15H,5,8-9H2,1H3,(H,20,21,22). The van der Waals surface area contributed by atoms with Gasteiger partial charge in [-0.3, -0.25) is 0 Å². The lowest BCUT2D eigenvalue weighted by Gasteiger charge is -2.15. The lowest BCUT2D eigenvalue weighted by atomic mass is 10.0. The molecule has 5 nitrogen and oxygen atoms in total. The van der Waals surface area contributed by atoms with Crippen LogP contribution in [-0.2, 0) is 0 Å². The number of nitrogens with one attached hydrogen (secondary N) is 1. The minimum Gasteiger partial charge on any atom is -0.339 e. The number of benzene rings is 1. The SMILES string of the molecule is Cc1c(-c2ccccc2)cnc2nc(C3CCCN3C#N)[nH]c12. The maximum absolute atomic E-state index is 9.24. The third kappa shape index (κ3) is 2.23. The molecule has 1 saturated heterocycles. The maximum atomic E-state index is 9.24. The van der Waals surface area contributed by atoms with Crippen molar-refractivity contribution in [3.63, 3.8) is 0 Å². The largest absolute Gasteiger partial charge is 0.339 e. The van der Waals surface area contributed by atoms with Gasteiger partial charge in [-0.2, -0.15) is 5.26 Å². The Kier molecular flexibility index (Phi) is 3.23. The molecule has 1 fully saturated rings. The number of aromatic nitrogens is 3. The number of nitriles is 1. The van der Waals surface area contributed by atoms with Gasteiger partial charge in [0.25, 0.3) is 0 Å². The van der Waals surface area contributed by atoms with Crippen LogP contribution in [0.2, 0.25) is 0 Å². The Bertz CT molecular complexity index is 891. The van der Waals surface area contributed by atoms with Gasteiger partial charge in [0.1, 0.15) is 5.82 Å². The molecule has 3 heterocycles. The van der Waals surface area contributed by atoms with Crippen molar-refractivity contribution in [3.8, 4) is 17.3 Å². The molecule has 1 aromatic carbocycles. The van der Waals surface area contributed by atoms with Crippen LogP contribution in [0.25, 0.3) is 22.3 Å². The zero-order chi connectivity index (χ0) is 15.8. The Morgan fingerprint density at radius 2 is 2.13 bits per heavy atom. The van der Waals surface area contributed by atoms with Crippen LogP contribution in [0, 0.1) is 18.4 Å². The van der Waals surface area contributed by atoms with E-state index >= 15 is 0 Å². The smallest absolute Gasteiger partial charge is 0.180 e. The summed E-state index contributed by atoms with van der Waals surface area (Å²) in [4.78, 5) is 14.4. The molecule has 0 saturated carbocycles. The zero-order valence-electron chi connectivity index (χ0n) is 13.0. The summed E-state index contributed by atoms with van der Waals surface area (Å²) in [5.41, 5.74) is 5.08. The van der Waals surface area contributed by atoms with Crippen molar-refractivity contribution < 1.29 is 0 Å². The molecular weight excluding hydrogens is 286 g/mol. The van der Waals surface area contributed by atoms with Gasteiger partial charge in [0, 0.05) is 18.3 Å². The molecule has 0 bridgehead atoms. The van der Waals surface area contributed by atoms with E-state index in [2.05, 4.69) is 40.2 Å². The predicted octanol–water partition coefficient (Wildman–Crippen LogP) is 3.55. The normalized spacial score (nSPS) is 17.6. The van der Waals surface area contributed by atoms with Gasteiger partial charge in [-0.25, -0.2) is 9.97 Å². The number of hydrogen-bond acceptors (Lipinski definition) is 4. The number of aryl methyl sites for hydroxylation is 1. The van der Waals surface area contributed by atoms with E-state index in [0.29, 0.717) is 0 Å². The molecule has 1 aliphatic heterocycles. The number of hydrogen-bond donors (Lipinski definition) is 1. The van der Waals surface area contributed by atoms with Gasteiger partial charge in [-0.1, -0.05) is 30.3 Å². The molecule has 1 N–H and O–H groups in total. The molecule has 5 heteroatoms. The van der Waals surface area contributed by atoms with Gasteiger partial charge < -0.3 is 9.88 Å². The monoisotopic (exact) mass is 303 g/mol. The van der Waals surface area contributed by atoms with Crippen molar-refractivity contribution in [2.75, 3.05) is 6.54 Å². The second-order valence-electron chi connectivity index (χ2n) is 5.93. The van der Waals surface area contributed by atoms with Gasteiger partial charge >= 0.3 is 0 Å². The van der Waals surface area contributed by atoms with E-state index in [1.807, 2.05) is 24.4 Å². The third-order valence-corrected chi connectivity index (χ3v) is 4.58. The molecule has 23 heavy (non-hydrogen) atoms. The Morgan fingerprint density at radius 3 is 2.91 bits per heavy atom. The fraction of sp³-hybridized carbons (Fsp3) is 0.278. The number of imidazole rings is 1. The molecule has 0 amide bonds. The Balaban J connectivity index is 1.81. The second-order valence-corrected chi connectivity index (χ2v) is 5.93. The molecule has 1 unspecified atom stereocenters. The summed E-state index contributed by atoms with van der Waals surface area (Å²) >= 11 is 0. The predicted molar refractivity (Wildman–Crippen MR) is 88.4 cm³/mol. The number of aromatic amines is 1. The minimum atomic E-state index is 0.0498. The summed E-state index contributed by atoms with van der Waals surface area (Å²) in [7, 11) is 0. The van der Waals surface area contributed by atoms with Crippen LogP contribution in [0.5, 0.6) is 0 Å². The molecule has 1 aliphatic rings. The van der Waals surface area contributed by atoms with E-state index < -0.39 is 0 Å². The minimum absolute atomic E-state index is 0.0498. The Morgan fingerprint density at radius 1 is 1.30 bits per heavy atom. The highest BCUT2D eigenvalue weighted by Crippen LogP contribution is 2.32. The van der Waals surface area contributed by atoms with Gasteiger partial charge in [0.2, 0.25) is 0 Å². The van der Waals surface area contributed by atoms with Crippen LogP contribution in [0.1, 0.15) is 30.3 Å². The van der Waals surface area contributed by atoms with Crippen LogP contribution >= 0.6 is 0 Å². The average Bonchev–Trinajstić information content (AvgIpc) is 3.22. The van der Waals surface area contributed by atoms with Gasteiger partial charge in [0.15, 0.2) is 11.8 Å². The van der Waals surface area contributed by atoms with E-state index in [1.54, 1.807) is 4.90 Å². The zero-order valence-corrected chi connectivity index (χ0v) is 13.0. The molecule has 114 valence electrons. The summed E-state index contributed by atoms with van der Waals surface area (Å²) in [6, 6.07) is 10.3. The second kappa shape index (κ2) is 5.40. The molecule has 3 aromatic rings. The topological polar surface area (TPSA) is 68.6 Å². The van der Waals surface area contributed by atoms with Crippen LogP contribution in [-0.4, -0.2) is 26.4 Å². The van der Waals surface area contributed by atoms with Crippen molar-refractivity contribution in [1.82, 2.24) is 19.9 Å². The van der Waals surface area contributed by atoms with Gasteiger partial charge in [-0.05, 0) is 30.9 Å². The van der Waals surface area contributed by atoms with Crippen molar-refractivity contribution in [2.24, 2.45) is 0 Å². The molecule has 4 rings (SSSR count). The number of pyridine rings is 1. The quantitative estimate of drug-likeness (QED) is 0.735. The van der Waals surface area contributed by atoms with Crippen molar-refractivity contribution in [2.45, 2.75) is 25.8 Å². The van der Waals surface area contributed by atoms with E-state index in [0.717, 1.165) is 53.1 Å². The summed E-state index contributed by atoms with van der Waals surface area (Å²) < 4.78 is 0. The molecule has 1 atom stereocenters. The number of nitrogens with zero attached hydrogens (tertiary/aromatic N) is 4. The van der Waals surface area contributed by atoms with E-state index in [4.69, 9.17) is 0 Å². The summed E-state index contributed by atoms with van der Waals surface area (Å²) in [5, 5.41) is 9.24. The first-order valence-corrected chi connectivity index (χ1v) is 7.85. The molecule has 0 radical (unpaired) electrons. The highest BCUT2D eigenvalue weighted by Gasteiger charge is 2.28. The third-order valence-electron chi connectivity index (χ3n) is 4.58. The van der Waals surface area contributed by atoms with Crippen LogP contribution in [0.15, 0.2) is 36.5 Å². The average molecular weight is 303 g/mol. The first-order valence-electron chi connectivity index (χ1n) is 7.85. The first kappa shape index (κ1) is 13.8.